The molecule has 0 saturated carbocycles. The number of benzene rings is 1. The number of hydrogen-bond acceptors (Lipinski definition) is 7. The smallest absolute Gasteiger partial charge is 0.339 e. The highest BCUT2D eigenvalue weighted by atomic mass is 32.1. The molecule has 2 amide bonds. The van der Waals surface area contributed by atoms with Crippen LogP contribution in [0.2, 0.25) is 0 Å². The number of anilines is 1. The van der Waals surface area contributed by atoms with Crippen molar-refractivity contribution in [2.24, 2.45) is 5.73 Å². The lowest BCUT2D eigenvalue weighted by Gasteiger charge is -2.14. The summed E-state index contributed by atoms with van der Waals surface area (Å²) in [4.78, 5) is 35.9. The van der Waals surface area contributed by atoms with Crippen LogP contribution in [0, 0.1) is 0 Å². The summed E-state index contributed by atoms with van der Waals surface area (Å²) in [6.07, 6.45) is -1.09. The van der Waals surface area contributed by atoms with Gasteiger partial charge in [-0.3, -0.25) is 9.59 Å². The summed E-state index contributed by atoms with van der Waals surface area (Å²) in [5.41, 5.74) is 5.65. The predicted molar refractivity (Wildman–Crippen MR) is 101 cm³/mol. The number of ether oxygens (including phenoxy) is 3. The Labute approximate surface area is 160 Å². The predicted octanol–water partition coefficient (Wildman–Crippen LogP) is 2.44. The first-order valence-corrected chi connectivity index (χ1v) is 8.95. The van der Waals surface area contributed by atoms with Gasteiger partial charge < -0.3 is 25.3 Å². The molecule has 3 N–H and O–H groups in total. The number of thiophene rings is 1. The van der Waals surface area contributed by atoms with E-state index < -0.39 is 23.9 Å². The topological polar surface area (TPSA) is 117 Å². The number of primary amides is 1. The Morgan fingerprint density at radius 3 is 2.59 bits per heavy atom. The lowest BCUT2D eigenvalue weighted by Crippen LogP contribution is -2.30. The number of rotatable bonds is 8. The molecule has 1 atom stereocenters. The second kappa shape index (κ2) is 9.04. The average molecular weight is 392 g/mol. The van der Waals surface area contributed by atoms with Crippen LogP contribution >= 0.6 is 11.3 Å². The van der Waals surface area contributed by atoms with E-state index in [1.165, 1.54) is 32.2 Å². The van der Waals surface area contributed by atoms with E-state index >= 15 is 0 Å². The number of nitrogens with one attached hydrogen (secondary N) is 1. The number of hydrogen-bond donors (Lipinski definition) is 2. The van der Waals surface area contributed by atoms with Gasteiger partial charge in [0, 0.05) is 0 Å². The van der Waals surface area contributed by atoms with Crippen LogP contribution in [-0.4, -0.2) is 37.6 Å². The largest absolute Gasteiger partial charge is 0.493 e. The van der Waals surface area contributed by atoms with Crippen molar-refractivity contribution in [2.45, 2.75) is 20.0 Å². The molecule has 144 valence electrons. The first-order valence-electron chi connectivity index (χ1n) is 8.07. The van der Waals surface area contributed by atoms with Crippen LogP contribution in [0.1, 0.15) is 34.6 Å². The van der Waals surface area contributed by atoms with E-state index in [0.29, 0.717) is 23.1 Å². The van der Waals surface area contributed by atoms with Crippen LogP contribution in [0.3, 0.4) is 0 Å². The van der Waals surface area contributed by atoms with Gasteiger partial charge in [-0.1, -0.05) is 0 Å². The first kappa shape index (κ1) is 20.2. The highest BCUT2D eigenvalue weighted by Crippen LogP contribution is 2.28. The van der Waals surface area contributed by atoms with Crippen LogP contribution in [0.15, 0.2) is 29.6 Å². The Kier molecular flexibility index (Phi) is 6.78. The SMILES string of the molecule is CCOc1cc(C(=O)OC(C)C(=O)Nc2sccc2C(N)=O)ccc1OC. The van der Waals surface area contributed by atoms with E-state index in [-0.39, 0.29) is 11.1 Å². The Morgan fingerprint density at radius 2 is 1.96 bits per heavy atom. The second-order valence-corrected chi connectivity index (χ2v) is 6.28. The summed E-state index contributed by atoms with van der Waals surface area (Å²) in [6.45, 7) is 3.64. The molecule has 0 fully saturated rings. The standard InChI is InChI=1S/C18H20N2O6S/c1-4-25-14-9-11(5-6-13(14)24-3)18(23)26-10(2)16(22)20-17-12(15(19)21)7-8-27-17/h5-10H,4H2,1-3H3,(H2,19,21)(H,20,22). The van der Waals surface area contributed by atoms with Gasteiger partial charge in [0.05, 0.1) is 24.8 Å². The summed E-state index contributed by atoms with van der Waals surface area (Å²) in [5.74, 6) is -1.04. The zero-order valence-electron chi connectivity index (χ0n) is 15.1. The summed E-state index contributed by atoms with van der Waals surface area (Å²) in [5, 5.41) is 4.46. The molecule has 0 bridgehead atoms. The molecule has 0 spiro atoms. The Bertz CT molecular complexity index is 848. The van der Waals surface area contributed by atoms with Crippen molar-refractivity contribution in [2.75, 3.05) is 19.0 Å². The molecule has 0 aliphatic rings. The molecular formula is C18H20N2O6S. The normalized spacial score (nSPS) is 11.4. The van der Waals surface area contributed by atoms with Gasteiger partial charge in [0.2, 0.25) is 0 Å². The highest BCUT2D eigenvalue weighted by molar-refractivity contribution is 7.14. The molecule has 1 aromatic carbocycles. The van der Waals surface area contributed by atoms with Crippen molar-refractivity contribution in [3.05, 3.63) is 40.8 Å². The fourth-order valence-corrected chi connectivity index (χ4v) is 2.96. The molecule has 9 heteroatoms. The third-order valence-electron chi connectivity index (χ3n) is 3.52. The third kappa shape index (κ3) is 4.98. The third-order valence-corrected chi connectivity index (χ3v) is 4.35. The summed E-state index contributed by atoms with van der Waals surface area (Å²) < 4.78 is 15.8. The fourth-order valence-electron chi connectivity index (χ4n) is 2.17. The molecule has 8 nitrogen and oxygen atoms in total. The van der Waals surface area contributed by atoms with Gasteiger partial charge in [-0.25, -0.2) is 4.79 Å². The number of nitrogens with two attached hydrogens (primary N) is 1. The van der Waals surface area contributed by atoms with Crippen LogP contribution in [0.25, 0.3) is 0 Å². The summed E-state index contributed by atoms with van der Waals surface area (Å²) >= 11 is 1.15. The Morgan fingerprint density at radius 1 is 1.22 bits per heavy atom. The molecule has 0 radical (unpaired) electrons. The van der Waals surface area contributed by atoms with Gasteiger partial charge in [-0.05, 0) is 43.5 Å². The lowest BCUT2D eigenvalue weighted by molar-refractivity contribution is -0.123. The molecule has 1 aromatic heterocycles. The van der Waals surface area contributed by atoms with Crippen molar-refractivity contribution in [1.82, 2.24) is 0 Å². The Hall–Kier alpha value is -3.07. The number of esters is 1. The van der Waals surface area contributed by atoms with Crippen molar-refractivity contribution in [3.63, 3.8) is 0 Å². The minimum atomic E-state index is -1.09. The van der Waals surface area contributed by atoms with Gasteiger partial charge in [-0.2, -0.15) is 0 Å². The van der Waals surface area contributed by atoms with Gasteiger partial charge in [0.25, 0.3) is 11.8 Å². The molecule has 27 heavy (non-hydrogen) atoms. The van der Waals surface area contributed by atoms with E-state index in [1.54, 1.807) is 11.4 Å². The minimum absolute atomic E-state index is 0.198. The molecule has 1 unspecified atom stereocenters. The number of carbonyl (C=O) groups is 3. The first-order chi connectivity index (χ1) is 12.9. The van der Waals surface area contributed by atoms with Gasteiger partial charge in [0.15, 0.2) is 17.6 Å². The van der Waals surface area contributed by atoms with E-state index in [0.717, 1.165) is 11.3 Å². The minimum Gasteiger partial charge on any atom is -0.493 e. The van der Waals surface area contributed by atoms with E-state index in [1.807, 2.05) is 6.92 Å². The number of methoxy groups -OCH3 is 1. The lowest BCUT2D eigenvalue weighted by atomic mass is 10.2. The van der Waals surface area contributed by atoms with Gasteiger partial charge in [-0.15, -0.1) is 11.3 Å². The van der Waals surface area contributed by atoms with Gasteiger partial charge >= 0.3 is 5.97 Å². The second-order valence-electron chi connectivity index (χ2n) is 5.36. The van der Waals surface area contributed by atoms with Crippen LogP contribution in [0.4, 0.5) is 5.00 Å². The number of carbonyl (C=O) groups excluding carboxylic acids is 3. The maximum Gasteiger partial charge on any atom is 0.339 e. The van der Waals surface area contributed by atoms with Crippen molar-refractivity contribution in [3.8, 4) is 11.5 Å². The van der Waals surface area contributed by atoms with Crippen molar-refractivity contribution < 1.29 is 28.6 Å². The zero-order valence-corrected chi connectivity index (χ0v) is 15.9. The molecule has 2 aromatic rings. The molecule has 1 heterocycles. The molecule has 0 saturated heterocycles. The van der Waals surface area contributed by atoms with E-state index in [2.05, 4.69) is 5.32 Å². The maximum atomic E-state index is 12.3. The van der Waals surface area contributed by atoms with Crippen molar-refractivity contribution in [1.29, 1.82) is 0 Å². The molecule has 0 aliphatic carbocycles. The van der Waals surface area contributed by atoms with Crippen LogP contribution in [0.5, 0.6) is 11.5 Å². The average Bonchev–Trinajstić information content (AvgIpc) is 3.10. The zero-order chi connectivity index (χ0) is 20.0. The fraction of sp³-hybridized carbons (Fsp3) is 0.278. The van der Waals surface area contributed by atoms with Crippen LogP contribution < -0.4 is 20.5 Å². The van der Waals surface area contributed by atoms with Crippen molar-refractivity contribution >= 4 is 34.1 Å². The van der Waals surface area contributed by atoms with E-state index in [4.69, 9.17) is 19.9 Å². The molecule has 0 aliphatic heterocycles. The molecule has 2 rings (SSSR count). The van der Waals surface area contributed by atoms with Gasteiger partial charge in [0.1, 0.15) is 5.00 Å². The van der Waals surface area contributed by atoms with Crippen LogP contribution in [-0.2, 0) is 9.53 Å². The quantitative estimate of drug-likeness (QED) is 0.667. The number of amides is 2. The Balaban J connectivity index is 2.06. The highest BCUT2D eigenvalue weighted by Gasteiger charge is 2.22. The molecular weight excluding hydrogens is 372 g/mol. The monoisotopic (exact) mass is 392 g/mol. The summed E-state index contributed by atoms with van der Waals surface area (Å²) in [6, 6.07) is 6.08. The summed E-state index contributed by atoms with van der Waals surface area (Å²) in [7, 11) is 1.49. The maximum absolute atomic E-state index is 12.3. The van der Waals surface area contributed by atoms with E-state index in [9.17, 15) is 14.4 Å².